The van der Waals surface area contributed by atoms with Crippen LogP contribution in [-0.4, -0.2) is 45.2 Å². The lowest BCUT2D eigenvalue weighted by atomic mass is 10.1. The number of anilines is 1. The SMILES string of the molecule is CCCNc1ccc([N+](=O)[O-])cc1CN1CCS(=O)CC1. The average molecular weight is 311 g/mol. The summed E-state index contributed by atoms with van der Waals surface area (Å²) >= 11 is 0. The molecule has 1 aliphatic rings. The van der Waals surface area contributed by atoms with Crippen molar-refractivity contribution in [2.75, 3.05) is 36.5 Å². The molecule has 116 valence electrons. The number of nitrogens with one attached hydrogen (secondary N) is 1. The van der Waals surface area contributed by atoms with Crippen LogP contribution >= 0.6 is 0 Å². The van der Waals surface area contributed by atoms with Crippen molar-refractivity contribution in [3.63, 3.8) is 0 Å². The topological polar surface area (TPSA) is 75.5 Å². The Morgan fingerprint density at radius 1 is 1.38 bits per heavy atom. The largest absolute Gasteiger partial charge is 0.385 e. The molecule has 1 aliphatic heterocycles. The molecule has 1 saturated heterocycles. The lowest BCUT2D eigenvalue weighted by molar-refractivity contribution is -0.384. The van der Waals surface area contributed by atoms with E-state index >= 15 is 0 Å². The molecule has 2 rings (SSSR count). The maximum Gasteiger partial charge on any atom is 0.269 e. The van der Waals surface area contributed by atoms with E-state index in [4.69, 9.17) is 0 Å². The van der Waals surface area contributed by atoms with E-state index in [1.807, 2.05) is 0 Å². The highest BCUT2D eigenvalue weighted by Crippen LogP contribution is 2.24. The van der Waals surface area contributed by atoms with Gasteiger partial charge >= 0.3 is 0 Å². The summed E-state index contributed by atoms with van der Waals surface area (Å²) in [5, 5.41) is 14.3. The third kappa shape index (κ3) is 4.50. The zero-order valence-corrected chi connectivity index (χ0v) is 13.0. The standard InChI is InChI=1S/C14H21N3O3S/c1-2-5-15-14-4-3-13(17(18)19)10-12(14)11-16-6-8-21(20)9-7-16/h3-4,10,15H,2,5-9,11H2,1H3. The molecule has 0 aliphatic carbocycles. The average Bonchev–Trinajstić information content (AvgIpc) is 2.48. The molecule has 0 spiro atoms. The highest BCUT2D eigenvalue weighted by Gasteiger charge is 2.18. The summed E-state index contributed by atoms with van der Waals surface area (Å²) in [6.07, 6.45) is 0.999. The molecule has 0 saturated carbocycles. The Kier molecular flexibility index (Phi) is 5.69. The minimum atomic E-state index is -0.706. The van der Waals surface area contributed by atoms with Crippen LogP contribution in [0.5, 0.6) is 0 Å². The van der Waals surface area contributed by atoms with Gasteiger partial charge in [0.25, 0.3) is 5.69 Å². The van der Waals surface area contributed by atoms with Gasteiger partial charge in [0.1, 0.15) is 0 Å². The molecule has 0 unspecified atom stereocenters. The molecule has 21 heavy (non-hydrogen) atoms. The molecule has 7 heteroatoms. The van der Waals surface area contributed by atoms with E-state index in [0.29, 0.717) is 18.1 Å². The quantitative estimate of drug-likeness (QED) is 0.642. The van der Waals surface area contributed by atoms with E-state index in [1.54, 1.807) is 12.1 Å². The third-order valence-electron chi connectivity index (χ3n) is 3.53. The Labute approximate surface area is 127 Å². The van der Waals surface area contributed by atoms with Crippen LogP contribution in [0, 0.1) is 10.1 Å². The Morgan fingerprint density at radius 2 is 2.10 bits per heavy atom. The van der Waals surface area contributed by atoms with Crippen molar-refractivity contribution in [3.05, 3.63) is 33.9 Å². The zero-order chi connectivity index (χ0) is 15.2. The maximum absolute atomic E-state index is 11.4. The first-order valence-electron chi connectivity index (χ1n) is 7.18. The monoisotopic (exact) mass is 311 g/mol. The lowest BCUT2D eigenvalue weighted by Gasteiger charge is -2.27. The second-order valence-electron chi connectivity index (χ2n) is 5.15. The van der Waals surface area contributed by atoms with Gasteiger partial charge in [-0.2, -0.15) is 0 Å². The van der Waals surface area contributed by atoms with Crippen molar-refractivity contribution in [3.8, 4) is 0 Å². The molecule has 6 nitrogen and oxygen atoms in total. The van der Waals surface area contributed by atoms with Gasteiger partial charge in [0.15, 0.2) is 0 Å². The molecular formula is C14H21N3O3S. The van der Waals surface area contributed by atoms with E-state index < -0.39 is 10.8 Å². The molecule has 0 bridgehead atoms. The van der Waals surface area contributed by atoms with Crippen LogP contribution in [0.25, 0.3) is 0 Å². The van der Waals surface area contributed by atoms with Crippen LogP contribution in [-0.2, 0) is 17.3 Å². The summed E-state index contributed by atoms with van der Waals surface area (Å²) in [6.45, 7) is 5.14. The summed E-state index contributed by atoms with van der Waals surface area (Å²) in [5.41, 5.74) is 2.01. The lowest BCUT2D eigenvalue weighted by Crippen LogP contribution is -2.37. The normalized spacial score (nSPS) is 16.8. The van der Waals surface area contributed by atoms with Crippen LogP contribution in [0.3, 0.4) is 0 Å². The molecule has 0 amide bonds. The van der Waals surface area contributed by atoms with Gasteiger partial charge in [0.2, 0.25) is 0 Å². The first-order valence-corrected chi connectivity index (χ1v) is 8.67. The van der Waals surface area contributed by atoms with Crippen LogP contribution in [0.2, 0.25) is 0 Å². The number of nitro benzene ring substituents is 1. The second kappa shape index (κ2) is 7.51. The highest BCUT2D eigenvalue weighted by molar-refractivity contribution is 7.85. The Hall–Kier alpha value is -1.47. The number of non-ortho nitro benzene ring substituents is 1. The Morgan fingerprint density at radius 3 is 2.71 bits per heavy atom. The molecule has 0 radical (unpaired) electrons. The van der Waals surface area contributed by atoms with Crippen LogP contribution in [0.15, 0.2) is 18.2 Å². The van der Waals surface area contributed by atoms with Crippen LogP contribution in [0.1, 0.15) is 18.9 Å². The van der Waals surface area contributed by atoms with Gasteiger partial charge in [-0.05, 0) is 18.1 Å². The van der Waals surface area contributed by atoms with Crippen molar-refractivity contribution in [1.29, 1.82) is 0 Å². The first kappa shape index (κ1) is 15.9. The van der Waals surface area contributed by atoms with Gasteiger partial charge in [-0.3, -0.25) is 19.2 Å². The minimum absolute atomic E-state index is 0.118. The van der Waals surface area contributed by atoms with Crippen molar-refractivity contribution < 1.29 is 9.13 Å². The molecule has 0 atom stereocenters. The van der Waals surface area contributed by atoms with Crippen molar-refractivity contribution in [2.45, 2.75) is 19.9 Å². The van der Waals surface area contributed by atoms with E-state index in [1.165, 1.54) is 6.07 Å². The molecular weight excluding hydrogens is 290 g/mol. The smallest absolute Gasteiger partial charge is 0.269 e. The predicted molar refractivity (Wildman–Crippen MR) is 85.0 cm³/mol. The van der Waals surface area contributed by atoms with Crippen molar-refractivity contribution in [2.24, 2.45) is 0 Å². The third-order valence-corrected chi connectivity index (χ3v) is 4.81. The first-order chi connectivity index (χ1) is 10.1. The Bertz CT molecular complexity index is 526. The van der Waals surface area contributed by atoms with E-state index in [-0.39, 0.29) is 10.6 Å². The van der Waals surface area contributed by atoms with Gasteiger partial charge in [0.05, 0.1) is 4.92 Å². The van der Waals surface area contributed by atoms with Gasteiger partial charge in [-0.15, -0.1) is 0 Å². The molecule has 1 fully saturated rings. The predicted octanol–water partition coefficient (Wildman–Crippen LogP) is 1.98. The fourth-order valence-electron chi connectivity index (χ4n) is 2.33. The highest BCUT2D eigenvalue weighted by atomic mass is 32.2. The second-order valence-corrected chi connectivity index (χ2v) is 6.85. The van der Waals surface area contributed by atoms with Crippen LogP contribution in [0.4, 0.5) is 11.4 Å². The molecule has 1 aromatic rings. The number of nitrogens with zero attached hydrogens (tertiary/aromatic N) is 2. The number of hydrogen-bond donors (Lipinski definition) is 1. The summed E-state index contributed by atoms with van der Waals surface area (Å²) in [5.74, 6) is 1.37. The van der Waals surface area contributed by atoms with Gasteiger partial charge in [-0.25, -0.2) is 0 Å². The number of hydrogen-bond acceptors (Lipinski definition) is 5. The molecule has 1 N–H and O–H groups in total. The van der Waals surface area contributed by atoms with Gasteiger partial charge in [-0.1, -0.05) is 6.92 Å². The fourth-order valence-corrected chi connectivity index (χ4v) is 3.46. The summed E-state index contributed by atoms with van der Waals surface area (Å²) in [7, 11) is -0.706. The fraction of sp³-hybridized carbons (Fsp3) is 0.571. The van der Waals surface area contributed by atoms with E-state index in [9.17, 15) is 14.3 Å². The summed E-state index contributed by atoms with van der Waals surface area (Å²) in [4.78, 5) is 12.8. The number of rotatable bonds is 6. The summed E-state index contributed by atoms with van der Waals surface area (Å²) in [6, 6.07) is 4.96. The van der Waals surface area contributed by atoms with Gasteiger partial charge in [0, 0.05) is 66.3 Å². The number of benzene rings is 1. The van der Waals surface area contributed by atoms with Crippen molar-refractivity contribution >= 4 is 22.2 Å². The van der Waals surface area contributed by atoms with Crippen LogP contribution < -0.4 is 5.32 Å². The van der Waals surface area contributed by atoms with E-state index in [0.717, 1.165) is 37.3 Å². The maximum atomic E-state index is 11.4. The molecule has 0 aromatic heterocycles. The Balaban J connectivity index is 2.15. The van der Waals surface area contributed by atoms with E-state index in [2.05, 4.69) is 17.1 Å². The minimum Gasteiger partial charge on any atom is -0.385 e. The van der Waals surface area contributed by atoms with Gasteiger partial charge < -0.3 is 5.32 Å². The van der Waals surface area contributed by atoms with Crippen molar-refractivity contribution in [1.82, 2.24) is 4.90 Å². The molecule has 1 aromatic carbocycles. The number of nitro groups is 1. The zero-order valence-electron chi connectivity index (χ0n) is 12.2. The summed E-state index contributed by atoms with van der Waals surface area (Å²) < 4.78 is 11.4. The molecule has 1 heterocycles.